The van der Waals surface area contributed by atoms with Crippen molar-refractivity contribution in [3.05, 3.63) is 57.5 Å². The number of methoxy groups -OCH3 is 1. The van der Waals surface area contributed by atoms with Crippen LogP contribution in [0.4, 0.5) is 0 Å². The van der Waals surface area contributed by atoms with Gasteiger partial charge in [-0.3, -0.25) is 18.6 Å². The first kappa shape index (κ1) is 22.0. The summed E-state index contributed by atoms with van der Waals surface area (Å²) in [5, 5.41) is 13.5. The van der Waals surface area contributed by atoms with Crippen LogP contribution in [0.3, 0.4) is 0 Å². The van der Waals surface area contributed by atoms with Gasteiger partial charge in [0.05, 0.1) is 12.6 Å². The highest BCUT2D eigenvalue weighted by Crippen LogP contribution is 2.20. The van der Waals surface area contributed by atoms with Gasteiger partial charge in [-0.2, -0.15) is 0 Å². The molecule has 4 rings (SSSR count). The van der Waals surface area contributed by atoms with E-state index in [9.17, 15) is 9.59 Å². The Labute approximate surface area is 189 Å². The van der Waals surface area contributed by atoms with Crippen molar-refractivity contribution < 1.29 is 9.53 Å². The van der Waals surface area contributed by atoms with E-state index in [0.29, 0.717) is 35.8 Å². The molecule has 0 aliphatic rings. The molecule has 0 spiro atoms. The number of hydrogen-bond acceptors (Lipinski definition) is 6. The van der Waals surface area contributed by atoms with Crippen molar-refractivity contribution in [1.29, 1.82) is 0 Å². The van der Waals surface area contributed by atoms with Crippen molar-refractivity contribution in [3.8, 4) is 5.75 Å². The zero-order chi connectivity index (χ0) is 22.5. The third-order valence-corrected chi connectivity index (χ3v) is 6.38. The van der Waals surface area contributed by atoms with Crippen LogP contribution < -0.4 is 15.6 Å². The standard InChI is InChI=1S/C23H27N5O3S/c1-3-4-5-13-27-22(30)21-18(12-14-32-21)28-19(25-26-23(27)28)10-11-20(29)24-15-16-6-8-17(31-2)9-7-16/h6-9,12,14H,3-5,10-11,13,15H2,1-2H3,(H,24,29). The molecule has 3 aromatic heterocycles. The maximum atomic E-state index is 13.0. The molecule has 4 aromatic rings. The van der Waals surface area contributed by atoms with Gasteiger partial charge in [0.25, 0.3) is 5.56 Å². The van der Waals surface area contributed by atoms with Crippen LogP contribution >= 0.6 is 11.3 Å². The number of unbranched alkanes of at least 4 members (excludes halogenated alkanes) is 2. The Balaban J connectivity index is 1.49. The van der Waals surface area contributed by atoms with E-state index in [-0.39, 0.29) is 17.9 Å². The number of hydrogen-bond donors (Lipinski definition) is 1. The molecule has 0 bridgehead atoms. The SMILES string of the molecule is CCCCCn1c(=O)c2sccc2n2c(CCC(=O)NCc3ccc(OC)cc3)nnc12. The van der Waals surface area contributed by atoms with Gasteiger partial charge in [-0.1, -0.05) is 31.9 Å². The summed E-state index contributed by atoms with van der Waals surface area (Å²) in [6.45, 7) is 3.20. The van der Waals surface area contributed by atoms with E-state index >= 15 is 0 Å². The highest BCUT2D eigenvalue weighted by Gasteiger charge is 2.18. The average Bonchev–Trinajstić information content (AvgIpc) is 3.46. The number of nitrogens with one attached hydrogen (secondary N) is 1. The summed E-state index contributed by atoms with van der Waals surface area (Å²) in [4.78, 5) is 25.4. The fourth-order valence-corrected chi connectivity index (χ4v) is 4.55. The smallest absolute Gasteiger partial charge is 0.272 e. The second kappa shape index (κ2) is 9.95. The molecule has 168 valence electrons. The van der Waals surface area contributed by atoms with E-state index in [0.717, 1.165) is 36.1 Å². The van der Waals surface area contributed by atoms with Crippen molar-refractivity contribution in [2.75, 3.05) is 7.11 Å². The fourth-order valence-electron chi connectivity index (χ4n) is 3.72. The minimum Gasteiger partial charge on any atom is -0.497 e. The summed E-state index contributed by atoms with van der Waals surface area (Å²) in [7, 11) is 1.62. The number of amides is 1. The van der Waals surface area contributed by atoms with Crippen molar-refractivity contribution in [1.82, 2.24) is 24.5 Å². The first-order valence-corrected chi connectivity index (χ1v) is 11.7. The molecule has 3 heterocycles. The third kappa shape index (κ3) is 4.52. The summed E-state index contributed by atoms with van der Waals surface area (Å²) in [6.07, 6.45) is 3.77. The average molecular weight is 454 g/mol. The number of aryl methyl sites for hydroxylation is 2. The van der Waals surface area contributed by atoms with Crippen molar-refractivity contribution in [3.63, 3.8) is 0 Å². The lowest BCUT2D eigenvalue weighted by molar-refractivity contribution is -0.121. The number of fused-ring (bicyclic) bond motifs is 3. The minimum absolute atomic E-state index is 0.0187. The van der Waals surface area contributed by atoms with Crippen molar-refractivity contribution in [2.24, 2.45) is 0 Å². The fraction of sp³-hybridized carbons (Fsp3) is 0.391. The quantitative estimate of drug-likeness (QED) is 0.371. The summed E-state index contributed by atoms with van der Waals surface area (Å²) >= 11 is 1.43. The highest BCUT2D eigenvalue weighted by atomic mass is 32.1. The molecule has 1 amide bonds. The van der Waals surface area contributed by atoms with Gasteiger partial charge in [0.15, 0.2) is 0 Å². The zero-order valence-corrected chi connectivity index (χ0v) is 19.2. The number of rotatable bonds is 10. The number of carbonyl (C=O) groups is 1. The first-order valence-electron chi connectivity index (χ1n) is 10.9. The number of ether oxygens (including phenoxy) is 1. The predicted molar refractivity (Wildman–Crippen MR) is 125 cm³/mol. The maximum absolute atomic E-state index is 13.0. The maximum Gasteiger partial charge on any atom is 0.272 e. The van der Waals surface area contributed by atoms with Crippen LogP contribution in [0, 0.1) is 0 Å². The van der Waals surface area contributed by atoms with E-state index < -0.39 is 0 Å². The van der Waals surface area contributed by atoms with Gasteiger partial charge in [0.2, 0.25) is 11.7 Å². The van der Waals surface area contributed by atoms with Crippen LogP contribution in [0.15, 0.2) is 40.5 Å². The molecular formula is C23H27N5O3S. The van der Waals surface area contributed by atoms with Gasteiger partial charge in [-0.25, -0.2) is 0 Å². The minimum atomic E-state index is -0.0598. The van der Waals surface area contributed by atoms with Crippen LogP contribution in [-0.4, -0.2) is 32.2 Å². The Morgan fingerprint density at radius 1 is 1.16 bits per heavy atom. The van der Waals surface area contributed by atoms with Crippen LogP contribution in [0.5, 0.6) is 5.75 Å². The van der Waals surface area contributed by atoms with E-state index in [4.69, 9.17) is 4.74 Å². The monoisotopic (exact) mass is 453 g/mol. The lowest BCUT2D eigenvalue weighted by Gasteiger charge is -2.09. The number of thiophene rings is 1. The second-order valence-electron chi connectivity index (χ2n) is 7.68. The molecule has 1 aromatic carbocycles. The molecule has 0 radical (unpaired) electrons. The molecule has 0 saturated heterocycles. The second-order valence-corrected chi connectivity index (χ2v) is 8.59. The van der Waals surface area contributed by atoms with E-state index in [1.807, 2.05) is 40.1 Å². The van der Waals surface area contributed by atoms with Crippen LogP contribution in [0.2, 0.25) is 0 Å². The molecule has 0 fully saturated rings. The van der Waals surface area contributed by atoms with Crippen molar-refractivity contribution in [2.45, 2.75) is 52.1 Å². The Morgan fingerprint density at radius 2 is 1.97 bits per heavy atom. The van der Waals surface area contributed by atoms with Gasteiger partial charge < -0.3 is 10.1 Å². The van der Waals surface area contributed by atoms with E-state index in [1.165, 1.54) is 11.3 Å². The Kier molecular flexibility index (Phi) is 6.84. The molecule has 8 nitrogen and oxygen atoms in total. The molecule has 0 atom stereocenters. The number of aromatic nitrogens is 4. The molecule has 9 heteroatoms. The molecule has 0 aliphatic carbocycles. The molecule has 0 aliphatic heterocycles. The summed E-state index contributed by atoms with van der Waals surface area (Å²) in [5.74, 6) is 1.96. The highest BCUT2D eigenvalue weighted by molar-refractivity contribution is 7.17. The van der Waals surface area contributed by atoms with Crippen molar-refractivity contribution >= 4 is 33.2 Å². The molecular weight excluding hydrogens is 426 g/mol. The Hall–Kier alpha value is -3.20. The van der Waals surface area contributed by atoms with Gasteiger partial charge in [0.1, 0.15) is 16.3 Å². The van der Waals surface area contributed by atoms with Gasteiger partial charge >= 0.3 is 0 Å². The Bertz CT molecular complexity index is 1270. The lowest BCUT2D eigenvalue weighted by atomic mass is 10.2. The van der Waals surface area contributed by atoms with Gasteiger partial charge in [-0.05, 0) is 35.6 Å². The van der Waals surface area contributed by atoms with Gasteiger partial charge in [0, 0.05) is 25.9 Å². The molecule has 0 saturated carbocycles. The predicted octanol–water partition coefficient (Wildman–Crippen LogP) is 3.55. The summed E-state index contributed by atoms with van der Waals surface area (Å²) in [6, 6.07) is 9.51. The van der Waals surface area contributed by atoms with E-state index in [2.05, 4.69) is 22.4 Å². The van der Waals surface area contributed by atoms with Crippen LogP contribution in [-0.2, 0) is 24.3 Å². The number of benzene rings is 1. The van der Waals surface area contributed by atoms with Crippen LogP contribution in [0.1, 0.15) is 44.0 Å². The number of nitrogens with zero attached hydrogens (tertiary/aromatic N) is 4. The molecule has 0 unspecified atom stereocenters. The normalized spacial score (nSPS) is 11.3. The summed E-state index contributed by atoms with van der Waals surface area (Å²) in [5.41, 5.74) is 1.79. The topological polar surface area (TPSA) is 90.5 Å². The largest absolute Gasteiger partial charge is 0.497 e. The van der Waals surface area contributed by atoms with E-state index in [1.54, 1.807) is 11.7 Å². The zero-order valence-electron chi connectivity index (χ0n) is 18.3. The molecule has 32 heavy (non-hydrogen) atoms. The Morgan fingerprint density at radius 3 is 2.72 bits per heavy atom. The lowest BCUT2D eigenvalue weighted by Crippen LogP contribution is -2.24. The van der Waals surface area contributed by atoms with Crippen LogP contribution in [0.25, 0.3) is 16.0 Å². The molecule has 1 N–H and O–H groups in total. The third-order valence-electron chi connectivity index (χ3n) is 5.49. The summed E-state index contributed by atoms with van der Waals surface area (Å²) < 4.78 is 9.49. The number of carbonyl (C=O) groups excluding carboxylic acids is 1. The van der Waals surface area contributed by atoms with Gasteiger partial charge in [-0.15, -0.1) is 21.5 Å². The first-order chi connectivity index (χ1) is 15.6.